The first kappa shape index (κ1) is 31.5. The fourth-order valence-corrected chi connectivity index (χ4v) is 5.59. The number of carbonyl (C=O) groups excluding carboxylic acids is 2. The van der Waals surface area contributed by atoms with Gasteiger partial charge in [-0.15, -0.1) is 12.0 Å². The Labute approximate surface area is 256 Å². The third-order valence-corrected chi connectivity index (χ3v) is 7.48. The van der Waals surface area contributed by atoms with Gasteiger partial charge in [0.1, 0.15) is 0 Å². The summed E-state index contributed by atoms with van der Waals surface area (Å²) in [6.07, 6.45) is 15.5. The molecule has 0 N–H and O–H groups in total. The Morgan fingerprint density at radius 2 is 1.12 bits per heavy atom. The quantitative estimate of drug-likeness (QED) is 0.114. The van der Waals surface area contributed by atoms with Crippen molar-refractivity contribution in [3.63, 3.8) is 0 Å². The van der Waals surface area contributed by atoms with E-state index in [-0.39, 0.29) is 21.1 Å². The number of aromatic nitrogens is 2. The summed E-state index contributed by atoms with van der Waals surface area (Å²) >= 11 is 0. The van der Waals surface area contributed by atoms with Crippen molar-refractivity contribution in [3.05, 3.63) is 128 Å². The topological polar surface area (TPSA) is 59.9 Å². The third-order valence-electron chi connectivity index (χ3n) is 7.48. The van der Waals surface area contributed by atoms with Gasteiger partial charge in [-0.3, -0.25) is 9.97 Å². The summed E-state index contributed by atoms with van der Waals surface area (Å²) in [5.74, 6) is 3.29. The molecule has 2 heterocycles. The summed E-state index contributed by atoms with van der Waals surface area (Å²) in [6.45, 7) is 11.3. The molecule has 3 aromatic carbocycles. The molecule has 1 fully saturated rings. The molecular formula is C36H29MoN2O2. The normalized spacial score (nSPS) is 16.6. The number of pyridine rings is 2. The van der Waals surface area contributed by atoms with Gasteiger partial charge >= 0.3 is 21.1 Å². The largest absolute Gasteiger partial charge is 3.00 e. The van der Waals surface area contributed by atoms with Crippen LogP contribution in [-0.2, 0) is 30.7 Å². The molecule has 5 heteroatoms. The third kappa shape index (κ3) is 7.01. The zero-order valence-electron chi connectivity index (χ0n) is 22.7. The van der Waals surface area contributed by atoms with Gasteiger partial charge in [-0.25, -0.2) is 0 Å². The average molecular weight is 618 g/mol. The molecule has 1 unspecified atom stereocenters. The monoisotopic (exact) mass is 619 g/mol. The summed E-state index contributed by atoms with van der Waals surface area (Å²) in [6, 6.07) is 29.3. The fourth-order valence-electron chi connectivity index (χ4n) is 5.59. The molecular weight excluding hydrogens is 588 g/mol. The number of fused-ring (bicyclic) bond motifs is 4. The van der Waals surface area contributed by atoms with Crippen LogP contribution in [0.1, 0.15) is 19.8 Å². The zero-order valence-corrected chi connectivity index (χ0v) is 24.7. The number of hydrogen-bond acceptors (Lipinski definition) is 4. The summed E-state index contributed by atoms with van der Waals surface area (Å²) in [4.78, 5) is 24.3. The number of benzene rings is 3. The second-order valence-electron chi connectivity index (χ2n) is 9.65. The van der Waals surface area contributed by atoms with Crippen molar-refractivity contribution in [2.75, 3.05) is 0 Å². The molecule has 0 spiro atoms. The molecule has 5 aromatic rings. The minimum Gasteiger partial charge on any atom is -0.573 e. The van der Waals surface area contributed by atoms with Gasteiger partial charge in [0.2, 0.25) is 0 Å². The van der Waals surface area contributed by atoms with Gasteiger partial charge in [0.25, 0.3) is 0 Å². The molecule has 2 atom stereocenters. The predicted octanol–water partition coefficient (Wildman–Crippen LogP) is 8.05. The van der Waals surface area contributed by atoms with Crippen molar-refractivity contribution in [1.29, 1.82) is 0 Å². The van der Waals surface area contributed by atoms with E-state index in [4.69, 9.17) is 9.59 Å². The maximum Gasteiger partial charge on any atom is 3.00 e. The Morgan fingerprint density at radius 3 is 1.59 bits per heavy atom. The van der Waals surface area contributed by atoms with Crippen molar-refractivity contribution >= 4 is 35.4 Å². The number of nitrogens with zero attached hydrogens (tertiary/aromatic N) is 2. The minimum atomic E-state index is 0. The van der Waals surface area contributed by atoms with Crippen LogP contribution >= 0.6 is 0 Å². The Hall–Kier alpha value is -4.01. The van der Waals surface area contributed by atoms with Gasteiger partial charge < -0.3 is 29.1 Å². The van der Waals surface area contributed by atoms with E-state index in [9.17, 15) is 0 Å². The van der Waals surface area contributed by atoms with Crippen LogP contribution < -0.4 is 0 Å². The summed E-state index contributed by atoms with van der Waals surface area (Å²) < 4.78 is 0. The Kier molecular flexibility index (Phi) is 12.1. The van der Waals surface area contributed by atoms with Crippen LogP contribution in [0.15, 0.2) is 122 Å². The molecule has 3 radical (unpaired) electrons. The van der Waals surface area contributed by atoms with Crippen molar-refractivity contribution in [2.45, 2.75) is 19.8 Å². The van der Waals surface area contributed by atoms with Gasteiger partial charge in [-0.05, 0) is 40.3 Å². The fraction of sp³-hybridized carbons (Fsp3) is 0.139. The van der Waals surface area contributed by atoms with Crippen LogP contribution in [0.3, 0.4) is 0 Å². The van der Waals surface area contributed by atoms with Crippen molar-refractivity contribution < 1.29 is 30.7 Å². The second kappa shape index (κ2) is 15.7. The smallest absolute Gasteiger partial charge is 0.573 e. The van der Waals surface area contributed by atoms with Gasteiger partial charge in [0.15, 0.2) is 0 Å². The molecule has 41 heavy (non-hydrogen) atoms. The Morgan fingerprint density at radius 1 is 0.659 bits per heavy atom. The molecule has 1 saturated carbocycles. The van der Waals surface area contributed by atoms with Crippen molar-refractivity contribution in [1.82, 2.24) is 9.97 Å². The summed E-state index contributed by atoms with van der Waals surface area (Å²) in [7, 11) is 0. The Bertz CT molecular complexity index is 1500. The van der Waals surface area contributed by atoms with E-state index < -0.39 is 0 Å². The van der Waals surface area contributed by atoms with Gasteiger partial charge in [0, 0.05) is 23.2 Å². The molecule has 4 nitrogen and oxygen atoms in total. The molecule has 2 aliphatic carbocycles. The van der Waals surface area contributed by atoms with Crippen LogP contribution in [0.25, 0.3) is 44.1 Å². The first-order valence-corrected chi connectivity index (χ1v) is 13.1. The predicted molar refractivity (Wildman–Crippen MR) is 163 cm³/mol. The van der Waals surface area contributed by atoms with Crippen molar-refractivity contribution in [3.8, 4) is 22.3 Å². The molecule has 0 amide bonds. The van der Waals surface area contributed by atoms with E-state index >= 15 is 0 Å². The number of hydrogen-bond donors (Lipinski definition) is 0. The molecule has 7 rings (SSSR count). The standard InChI is InChI=1S/C24H16N2.C10H13.2CO.Mo/c1-3-7-17(8-4-1)19-13-15-25-23-21(19)11-12-22-20(14-16-26-24(22)23)18-9-5-2-6-10-18;1-8-6-7-9-4-2-3-5-10(8)9;2*1-2;/h1-16H;2-5,9-10H,6-7H2,1H3;;;/q;3*-1;+3/t;9?,10-;;;/m.0.../s1. The Balaban J connectivity index is 0.000000259. The van der Waals surface area contributed by atoms with E-state index in [0.717, 1.165) is 33.6 Å². The number of allylic oxidation sites excluding steroid dienone is 4. The average Bonchev–Trinajstić information content (AvgIpc) is 3.44. The van der Waals surface area contributed by atoms with E-state index in [1.807, 2.05) is 24.5 Å². The minimum absolute atomic E-state index is 0. The molecule has 0 aliphatic heterocycles. The van der Waals surface area contributed by atoms with E-state index in [0.29, 0.717) is 0 Å². The van der Waals surface area contributed by atoms with E-state index in [1.54, 1.807) is 5.92 Å². The van der Waals surface area contributed by atoms with Crippen molar-refractivity contribution in [2.24, 2.45) is 11.8 Å². The van der Waals surface area contributed by atoms with Gasteiger partial charge in [-0.2, -0.15) is 13.3 Å². The van der Waals surface area contributed by atoms with Crippen LogP contribution in [0, 0.1) is 17.8 Å². The zero-order chi connectivity index (χ0) is 28.3. The summed E-state index contributed by atoms with van der Waals surface area (Å²) in [5, 5.41) is 2.26. The van der Waals surface area contributed by atoms with Crippen LogP contribution in [0.5, 0.6) is 0 Å². The number of rotatable bonds is 2. The maximum absolute atomic E-state index is 7.50. The summed E-state index contributed by atoms with van der Waals surface area (Å²) in [5.41, 5.74) is 6.65. The first-order valence-electron chi connectivity index (χ1n) is 13.1. The van der Waals surface area contributed by atoms with Crippen LogP contribution in [0.4, 0.5) is 0 Å². The molecule has 0 saturated heterocycles. The molecule has 2 aliphatic rings. The van der Waals surface area contributed by atoms with Gasteiger partial charge in [0.05, 0.1) is 11.0 Å². The van der Waals surface area contributed by atoms with Gasteiger partial charge in [-0.1, -0.05) is 97.4 Å². The second-order valence-corrected chi connectivity index (χ2v) is 9.65. The SMILES string of the molecule is C[C-]1CCC2C=CC=C[C@@H]12.[C-]=O.[C-]=O.[Mo+3].c1ccc(-c2ccnc3c2ccc2c(-c4ccccc4)ccnc23)cc1. The first-order chi connectivity index (χ1) is 19.8. The van der Waals surface area contributed by atoms with E-state index in [2.05, 4.69) is 128 Å². The van der Waals surface area contributed by atoms with E-state index in [1.165, 1.54) is 35.1 Å². The van der Waals surface area contributed by atoms with Crippen LogP contribution in [0.2, 0.25) is 0 Å². The maximum atomic E-state index is 7.50. The molecule has 0 bridgehead atoms. The molecule has 2 aromatic heterocycles. The molecule has 201 valence electrons. The van der Waals surface area contributed by atoms with Crippen LogP contribution in [-0.4, -0.2) is 23.5 Å².